The molecule has 0 aromatic carbocycles. The van der Waals surface area contributed by atoms with Crippen LogP contribution in [0.2, 0.25) is 18.1 Å². The first kappa shape index (κ1) is 18.4. The van der Waals surface area contributed by atoms with Gasteiger partial charge in [0.15, 0.2) is 14.1 Å². The van der Waals surface area contributed by atoms with Crippen LogP contribution < -0.4 is 0 Å². The fraction of sp³-hybridized carbons (Fsp3) is 1.00. The molecule has 0 amide bonds. The van der Waals surface area contributed by atoms with E-state index in [-0.39, 0.29) is 23.2 Å². The van der Waals surface area contributed by atoms with Crippen LogP contribution in [0.4, 0.5) is 0 Å². The minimum absolute atomic E-state index is 0.0445. The highest BCUT2D eigenvalue weighted by atomic mass is 28.4. The topological polar surface area (TPSA) is 47.9 Å². The molecule has 2 aliphatic rings. The summed E-state index contributed by atoms with van der Waals surface area (Å²) in [7, 11) is -1.84. The summed E-state index contributed by atoms with van der Waals surface area (Å²) >= 11 is 0. The lowest BCUT2D eigenvalue weighted by atomic mass is 9.99. The molecule has 2 fully saturated rings. The fourth-order valence-electron chi connectivity index (χ4n) is 3.42. The molecule has 4 atom stereocenters. The second kappa shape index (κ2) is 5.85. The van der Waals surface area contributed by atoms with Gasteiger partial charge in [-0.2, -0.15) is 0 Å². The first-order valence-electron chi connectivity index (χ1n) is 8.55. The maximum Gasteiger partial charge on any atom is 0.192 e. The van der Waals surface area contributed by atoms with E-state index in [0.717, 1.165) is 0 Å². The normalized spacial score (nSPS) is 35.2. The maximum atomic E-state index is 10.2. The number of hydrogen-bond acceptors (Lipinski definition) is 4. The summed E-state index contributed by atoms with van der Waals surface area (Å²) in [5, 5.41) is 10.4. The molecule has 4 nitrogen and oxygen atoms in total. The molecule has 0 aromatic rings. The van der Waals surface area contributed by atoms with Crippen LogP contribution in [0, 0.1) is 11.8 Å². The summed E-state index contributed by atoms with van der Waals surface area (Å²) in [6.45, 7) is 18.2. The van der Waals surface area contributed by atoms with Gasteiger partial charge in [0.25, 0.3) is 0 Å². The van der Waals surface area contributed by atoms with E-state index in [4.69, 9.17) is 13.9 Å². The fourth-order valence-corrected chi connectivity index (χ4v) is 5.81. The Bertz CT molecular complexity index is 405. The van der Waals surface area contributed by atoms with Crippen LogP contribution >= 0.6 is 0 Å². The molecule has 22 heavy (non-hydrogen) atoms. The first-order valence-corrected chi connectivity index (χ1v) is 11.5. The molecule has 1 N–H and O–H groups in total. The predicted octanol–water partition coefficient (Wildman–Crippen LogP) is 3.55. The van der Waals surface area contributed by atoms with Gasteiger partial charge in [0.1, 0.15) is 6.10 Å². The standard InChI is InChI=1S/C17H34O4Si/c1-11(2)16(3,4)22(7,8)19-10-12-9-13(18)15-14(12)20-17(5,6)21-15/h11-15,18H,9-10H2,1-8H3/t12-,13+,14-,15?/m1/s1. The Morgan fingerprint density at radius 1 is 1.23 bits per heavy atom. The van der Waals surface area contributed by atoms with Gasteiger partial charge in [0.2, 0.25) is 0 Å². The van der Waals surface area contributed by atoms with Crippen molar-refractivity contribution in [1.82, 2.24) is 0 Å². The zero-order chi connectivity index (χ0) is 16.9. The third-order valence-electron chi connectivity index (χ3n) is 6.21. The van der Waals surface area contributed by atoms with Crippen molar-refractivity contribution in [3.05, 3.63) is 0 Å². The molecule has 130 valence electrons. The summed E-state index contributed by atoms with van der Waals surface area (Å²) in [4.78, 5) is 0. The Kier molecular flexibility index (Phi) is 4.89. The molecule has 1 unspecified atom stereocenters. The molecule has 1 aliphatic heterocycles. The number of ether oxygens (including phenoxy) is 2. The quantitative estimate of drug-likeness (QED) is 0.783. The lowest BCUT2D eigenvalue weighted by molar-refractivity contribution is -0.167. The summed E-state index contributed by atoms with van der Waals surface area (Å²) in [6, 6.07) is 0. The molecule has 0 spiro atoms. The molecule has 5 heteroatoms. The minimum Gasteiger partial charge on any atom is -0.416 e. The highest BCUT2D eigenvalue weighted by Crippen LogP contribution is 2.46. The Morgan fingerprint density at radius 2 is 1.77 bits per heavy atom. The number of fused-ring (bicyclic) bond motifs is 1. The molecule has 1 aliphatic carbocycles. The second-order valence-corrected chi connectivity index (χ2v) is 13.4. The largest absolute Gasteiger partial charge is 0.416 e. The molecule has 2 rings (SSSR count). The molecular weight excluding hydrogens is 296 g/mol. The molecule has 1 saturated carbocycles. The van der Waals surface area contributed by atoms with E-state index in [1.165, 1.54) is 0 Å². The predicted molar refractivity (Wildman–Crippen MR) is 90.3 cm³/mol. The first-order chi connectivity index (χ1) is 9.87. The minimum atomic E-state index is -1.84. The third kappa shape index (κ3) is 3.29. The molecule has 0 radical (unpaired) electrons. The maximum absolute atomic E-state index is 10.2. The molecular formula is C17H34O4Si. The smallest absolute Gasteiger partial charge is 0.192 e. The van der Waals surface area contributed by atoms with Crippen molar-refractivity contribution in [3.63, 3.8) is 0 Å². The van der Waals surface area contributed by atoms with Gasteiger partial charge in [-0.3, -0.25) is 0 Å². The average Bonchev–Trinajstić information content (AvgIpc) is 2.82. The van der Waals surface area contributed by atoms with Crippen molar-refractivity contribution in [2.24, 2.45) is 11.8 Å². The van der Waals surface area contributed by atoms with Crippen LogP contribution in [0.15, 0.2) is 0 Å². The van der Waals surface area contributed by atoms with Crippen molar-refractivity contribution in [3.8, 4) is 0 Å². The van der Waals surface area contributed by atoms with Crippen molar-refractivity contribution in [1.29, 1.82) is 0 Å². The summed E-state index contributed by atoms with van der Waals surface area (Å²) < 4.78 is 18.3. The van der Waals surface area contributed by atoms with E-state index in [9.17, 15) is 5.11 Å². The lowest BCUT2D eigenvalue weighted by Crippen LogP contribution is -2.46. The molecule has 0 bridgehead atoms. The molecule has 1 saturated heterocycles. The van der Waals surface area contributed by atoms with E-state index in [1.807, 2.05) is 13.8 Å². The SMILES string of the molecule is CC(C)C(C)(C)[Si](C)(C)OC[C@H]1C[C@H](O)C2OC(C)(C)O[C@@H]21. The highest BCUT2D eigenvalue weighted by Gasteiger charge is 2.54. The monoisotopic (exact) mass is 330 g/mol. The van der Waals surface area contributed by atoms with Gasteiger partial charge in [-0.1, -0.05) is 27.7 Å². The van der Waals surface area contributed by atoms with Gasteiger partial charge in [-0.15, -0.1) is 0 Å². The summed E-state index contributed by atoms with van der Waals surface area (Å²) in [6.07, 6.45) is 0.0181. The van der Waals surface area contributed by atoms with E-state index in [1.54, 1.807) is 0 Å². The van der Waals surface area contributed by atoms with Crippen molar-refractivity contribution in [2.75, 3.05) is 6.61 Å². The number of aliphatic hydroxyl groups excluding tert-OH is 1. The van der Waals surface area contributed by atoms with E-state index in [2.05, 4.69) is 40.8 Å². The van der Waals surface area contributed by atoms with E-state index in [0.29, 0.717) is 18.9 Å². The Hall–Kier alpha value is 0.0569. The van der Waals surface area contributed by atoms with Gasteiger partial charge in [-0.25, -0.2) is 0 Å². The molecule has 1 heterocycles. The van der Waals surface area contributed by atoms with Gasteiger partial charge in [0.05, 0.1) is 12.2 Å². The zero-order valence-electron chi connectivity index (χ0n) is 15.5. The second-order valence-electron chi connectivity index (χ2n) is 8.83. The Balaban J connectivity index is 2.00. The van der Waals surface area contributed by atoms with Crippen LogP contribution in [0.3, 0.4) is 0 Å². The van der Waals surface area contributed by atoms with Gasteiger partial charge >= 0.3 is 0 Å². The van der Waals surface area contributed by atoms with Gasteiger partial charge in [0, 0.05) is 12.5 Å². The van der Waals surface area contributed by atoms with Crippen molar-refractivity contribution < 1.29 is 19.0 Å². The van der Waals surface area contributed by atoms with Gasteiger partial charge in [-0.05, 0) is 44.3 Å². The number of hydrogen-bond donors (Lipinski definition) is 1. The Morgan fingerprint density at radius 3 is 2.32 bits per heavy atom. The van der Waals surface area contributed by atoms with Crippen molar-refractivity contribution in [2.45, 2.75) is 90.2 Å². The van der Waals surface area contributed by atoms with Crippen LogP contribution in [-0.2, 0) is 13.9 Å². The summed E-state index contributed by atoms with van der Waals surface area (Å²) in [5.41, 5.74) is 0. The van der Waals surface area contributed by atoms with E-state index < -0.39 is 20.2 Å². The summed E-state index contributed by atoms with van der Waals surface area (Å²) in [5.74, 6) is 0.205. The van der Waals surface area contributed by atoms with Crippen LogP contribution in [0.5, 0.6) is 0 Å². The average molecular weight is 331 g/mol. The van der Waals surface area contributed by atoms with Crippen LogP contribution in [0.1, 0.15) is 48.0 Å². The zero-order valence-corrected chi connectivity index (χ0v) is 16.5. The van der Waals surface area contributed by atoms with E-state index >= 15 is 0 Å². The Labute approximate surface area is 136 Å². The third-order valence-corrected chi connectivity index (χ3v) is 10.8. The number of aliphatic hydroxyl groups is 1. The van der Waals surface area contributed by atoms with Crippen molar-refractivity contribution >= 4 is 8.32 Å². The number of rotatable bonds is 5. The van der Waals surface area contributed by atoms with Gasteiger partial charge < -0.3 is 19.0 Å². The van der Waals surface area contributed by atoms with Crippen LogP contribution in [-0.4, -0.2) is 44.1 Å². The molecule has 0 aromatic heterocycles. The van der Waals surface area contributed by atoms with Crippen LogP contribution in [0.25, 0.3) is 0 Å². The highest BCUT2D eigenvalue weighted by molar-refractivity contribution is 6.74. The lowest BCUT2D eigenvalue weighted by Gasteiger charge is -2.43.